The predicted octanol–water partition coefficient (Wildman–Crippen LogP) is 1.82. The molecule has 2 N–H and O–H groups in total. The maximum absolute atomic E-state index is 13.7. The van der Waals surface area contributed by atoms with Crippen LogP contribution in [0.3, 0.4) is 0 Å². The molecule has 0 spiro atoms. The second-order valence-electron chi connectivity index (χ2n) is 3.95. The van der Waals surface area contributed by atoms with Crippen molar-refractivity contribution in [2.24, 2.45) is 7.05 Å². The smallest absolute Gasteiger partial charge is 0.201 e. The van der Waals surface area contributed by atoms with Gasteiger partial charge in [-0.25, -0.2) is 8.78 Å². The zero-order chi connectivity index (χ0) is 13.4. The predicted molar refractivity (Wildman–Crippen MR) is 62.1 cm³/mol. The molecule has 1 aromatic heterocycles. The highest BCUT2D eigenvalue weighted by atomic mass is 19.2. The molecule has 0 unspecified atom stereocenters. The van der Waals surface area contributed by atoms with Gasteiger partial charge in [-0.15, -0.1) is 0 Å². The van der Waals surface area contributed by atoms with Gasteiger partial charge in [0.2, 0.25) is 5.78 Å². The van der Waals surface area contributed by atoms with Crippen molar-refractivity contribution in [2.45, 2.75) is 6.92 Å². The van der Waals surface area contributed by atoms with E-state index in [1.807, 2.05) is 0 Å². The highest BCUT2D eigenvalue weighted by molar-refractivity contribution is 6.11. The van der Waals surface area contributed by atoms with Crippen molar-refractivity contribution in [3.63, 3.8) is 0 Å². The third-order valence-electron chi connectivity index (χ3n) is 2.75. The Morgan fingerprint density at radius 2 is 1.94 bits per heavy atom. The standard InChI is InChI=1S/C12H11F2N3O/c1-6-3-4-7(10(14)9(6)13)11(18)8-5-16-17(2)12(8)15/h3-5H,15H2,1-2H3. The Bertz CT molecular complexity index is 634. The Morgan fingerprint density at radius 1 is 1.28 bits per heavy atom. The summed E-state index contributed by atoms with van der Waals surface area (Å²) in [5.41, 5.74) is 5.47. The molecule has 94 valence electrons. The van der Waals surface area contributed by atoms with E-state index in [1.165, 1.54) is 29.9 Å². The minimum absolute atomic E-state index is 0.0552. The number of aromatic nitrogens is 2. The van der Waals surface area contributed by atoms with Gasteiger partial charge in [0.25, 0.3) is 0 Å². The fraction of sp³-hybridized carbons (Fsp3) is 0.167. The van der Waals surface area contributed by atoms with E-state index in [9.17, 15) is 13.6 Å². The number of benzene rings is 1. The van der Waals surface area contributed by atoms with Crippen molar-refractivity contribution in [3.8, 4) is 0 Å². The number of nitrogen functional groups attached to an aromatic ring is 1. The van der Waals surface area contributed by atoms with E-state index in [0.29, 0.717) is 0 Å². The number of hydrogen-bond donors (Lipinski definition) is 1. The van der Waals surface area contributed by atoms with Gasteiger partial charge in [-0.05, 0) is 18.6 Å². The van der Waals surface area contributed by atoms with Crippen LogP contribution in [-0.4, -0.2) is 15.6 Å². The summed E-state index contributed by atoms with van der Waals surface area (Å²) in [7, 11) is 1.55. The maximum atomic E-state index is 13.7. The maximum Gasteiger partial charge on any atom is 0.201 e. The van der Waals surface area contributed by atoms with Crippen LogP contribution in [0.4, 0.5) is 14.6 Å². The van der Waals surface area contributed by atoms with Gasteiger partial charge >= 0.3 is 0 Å². The number of aryl methyl sites for hydroxylation is 2. The Labute approximate surface area is 102 Å². The summed E-state index contributed by atoms with van der Waals surface area (Å²) in [6.45, 7) is 1.42. The third-order valence-corrected chi connectivity index (χ3v) is 2.75. The van der Waals surface area contributed by atoms with Gasteiger partial charge in [0.15, 0.2) is 11.6 Å². The summed E-state index contributed by atoms with van der Waals surface area (Å²) in [5.74, 6) is -2.76. The zero-order valence-corrected chi connectivity index (χ0v) is 9.87. The zero-order valence-electron chi connectivity index (χ0n) is 9.87. The van der Waals surface area contributed by atoms with Crippen LogP contribution in [0, 0.1) is 18.6 Å². The number of carbonyl (C=O) groups is 1. The summed E-state index contributed by atoms with van der Waals surface area (Å²) in [4.78, 5) is 12.0. The van der Waals surface area contributed by atoms with Gasteiger partial charge in [-0.2, -0.15) is 5.10 Å². The molecule has 1 heterocycles. The van der Waals surface area contributed by atoms with Crippen LogP contribution >= 0.6 is 0 Å². The average molecular weight is 251 g/mol. The van der Waals surface area contributed by atoms with E-state index in [2.05, 4.69) is 5.10 Å². The highest BCUT2D eigenvalue weighted by Gasteiger charge is 2.21. The first kappa shape index (κ1) is 12.2. The molecule has 2 aromatic rings. The van der Waals surface area contributed by atoms with Crippen LogP contribution in [0.25, 0.3) is 0 Å². The van der Waals surface area contributed by atoms with E-state index in [0.717, 1.165) is 0 Å². The molecule has 0 atom stereocenters. The minimum Gasteiger partial charge on any atom is -0.383 e. The van der Waals surface area contributed by atoms with Crippen molar-refractivity contribution in [1.29, 1.82) is 0 Å². The largest absolute Gasteiger partial charge is 0.383 e. The molecule has 0 aliphatic heterocycles. The van der Waals surface area contributed by atoms with Crippen LogP contribution in [0.1, 0.15) is 21.5 Å². The number of rotatable bonds is 2. The summed E-state index contributed by atoms with van der Waals surface area (Å²) in [6.07, 6.45) is 1.23. The van der Waals surface area contributed by atoms with Gasteiger partial charge in [-0.3, -0.25) is 9.48 Å². The number of anilines is 1. The number of carbonyl (C=O) groups excluding carboxylic acids is 1. The first-order valence-corrected chi connectivity index (χ1v) is 5.20. The molecule has 0 amide bonds. The van der Waals surface area contributed by atoms with E-state index in [-0.39, 0.29) is 22.5 Å². The summed E-state index contributed by atoms with van der Waals surface area (Å²) >= 11 is 0. The number of nitrogens with zero attached hydrogens (tertiary/aromatic N) is 2. The second kappa shape index (κ2) is 4.21. The van der Waals surface area contributed by atoms with Gasteiger partial charge in [0.05, 0.1) is 17.3 Å². The number of ketones is 1. The van der Waals surface area contributed by atoms with Crippen LogP contribution in [-0.2, 0) is 7.05 Å². The normalized spacial score (nSPS) is 10.7. The van der Waals surface area contributed by atoms with Crippen LogP contribution in [0.5, 0.6) is 0 Å². The Kier molecular flexibility index (Phi) is 2.86. The molecule has 6 heteroatoms. The fourth-order valence-electron chi connectivity index (χ4n) is 1.59. The van der Waals surface area contributed by atoms with Gasteiger partial charge in [0.1, 0.15) is 5.82 Å². The molecule has 18 heavy (non-hydrogen) atoms. The molecule has 0 aliphatic rings. The first-order valence-electron chi connectivity index (χ1n) is 5.20. The molecule has 0 radical (unpaired) electrons. The third kappa shape index (κ3) is 1.75. The average Bonchev–Trinajstić information content (AvgIpc) is 2.67. The van der Waals surface area contributed by atoms with Gasteiger partial charge in [0, 0.05) is 7.05 Å². The van der Waals surface area contributed by atoms with E-state index >= 15 is 0 Å². The van der Waals surface area contributed by atoms with Crippen LogP contribution < -0.4 is 5.73 Å². The number of hydrogen-bond acceptors (Lipinski definition) is 3. The Balaban J connectivity index is 2.54. The number of halogens is 2. The molecule has 4 nitrogen and oxygen atoms in total. The van der Waals surface area contributed by atoms with Crippen molar-refractivity contribution < 1.29 is 13.6 Å². The lowest BCUT2D eigenvalue weighted by Crippen LogP contribution is -2.09. The van der Waals surface area contributed by atoms with Crippen molar-refractivity contribution in [2.75, 3.05) is 5.73 Å². The molecule has 0 fully saturated rings. The fourth-order valence-corrected chi connectivity index (χ4v) is 1.59. The lowest BCUT2D eigenvalue weighted by molar-refractivity contribution is 0.103. The van der Waals surface area contributed by atoms with Crippen molar-refractivity contribution in [3.05, 3.63) is 46.7 Å². The molecular weight excluding hydrogens is 240 g/mol. The SMILES string of the molecule is Cc1ccc(C(=O)c2cnn(C)c2N)c(F)c1F. The molecule has 2 rings (SSSR count). The highest BCUT2D eigenvalue weighted by Crippen LogP contribution is 2.21. The van der Waals surface area contributed by atoms with E-state index < -0.39 is 17.4 Å². The Morgan fingerprint density at radius 3 is 2.50 bits per heavy atom. The molecule has 1 aromatic carbocycles. The van der Waals surface area contributed by atoms with Gasteiger partial charge in [-0.1, -0.05) is 6.07 Å². The van der Waals surface area contributed by atoms with E-state index in [1.54, 1.807) is 7.05 Å². The molecule has 0 saturated carbocycles. The molecule has 0 saturated heterocycles. The number of nitrogens with two attached hydrogens (primary N) is 1. The van der Waals surface area contributed by atoms with Crippen LogP contribution in [0.2, 0.25) is 0 Å². The minimum atomic E-state index is -1.16. The lowest BCUT2D eigenvalue weighted by atomic mass is 10.0. The lowest BCUT2D eigenvalue weighted by Gasteiger charge is -2.05. The van der Waals surface area contributed by atoms with Crippen molar-refractivity contribution >= 4 is 11.6 Å². The van der Waals surface area contributed by atoms with Crippen LogP contribution in [0.15, 0.2) is 18.3 Å². The second-order valence-corrected chi connectivity index (χ2v) is 3.95. The topological polar surface area (TPSA) is 60.9 Å². The summed E-state index contributed by atoms with van der Waals surface area (Å²) in [6, 6.07) is 2.58. The first-order chi connectivity index (χ1) is 8.43. The van der Waals surface area contributed by atoms with Gasteiger partial charge < -0.3 is 5.73 Å². The molecular formula is C12H11F2N3O. The monoisotopic (exact) mass is 251 g/mol. The molecule has 0 bridgehead atoms. The summed E-state index contributed by atoms with van der Waals surface area (Å²) < 4.78 is 28.4. The summed E-state index contributed by atoms with van der Waals surface area (Å²) in [5, 5.41) is 3.79. The quantitative estimate of drug-likeness (QED) is 0.828. The van der Waals surface area contributed by atoms with E-state index in [4.69, 9.17) is 5.73 Å². The van der Waals surface area contributed by atoms with Crippen molar-refractivity contribution in [1.82, 2.24) is 9.78 Å². The Hall–Kier alpha value is -2.24. The molecule has 0 aliphatic carbocycles.